The van der Waals surface area contributed by atoms with Crippen LogP contribution < -0.4 is 9.47 Å². The molecule has 0 bridgehead atoms. The van der Waals surface area contributed by atoms with Gasteiger partial charge in [0, 0.05) is 11.3 Å². The van der Waals surface area contributed by atoms with Crippen LogP contribution in [0.2, 0.25) is 0 Å². The lowest BCUT2D eigenvalue weighted by molar-refractivity contribution is 0.340. The molecule has 0 fully saturated rings. The average molecular weight is 332 g/mol. The number of hydrogen-bond acceptors (Lipinski definition) is 4. The van der Waals surface area contributed by atoms with E-state index in [9.17, 15) is 5.11 Å². The number of aromatic amines is 1. The molecule has 0 spiro atoms. The zero-order valence-electron chi connectivity index (χ0n) is 15.1. The number of unbranched alkanes of at least 4 members (excludes halogenated alkanes) is 2. The highest BCUT2D eigenvalue weighted by molar-refractivity contribution is 5.66. The van der Waals surface area contributed by atoms with Crippen molar-refractivity contribution in [2.75, 3.05) is 14.2 Å². The van der Waals surface area contributed by atoms with E-state index in [2.05, 4.69) is 18.8 Å². The highest BCUT2D eigenvalue weighted by Crippen LogP contribution is 2.39. The summed E-state index contributed by atoms with van der Waals surface area (Å²) in [4.78, 5) is 8.26. The summed E-state index contributed by atoms with van der Waals surface area (Å²) in [6.07, 6.45) is 6.57. The lowest BCUT2D eigenvalue weighted by atomic mass is 10.1. The van der Waals surface area contributed by atoms with Crippen LogP contribution in [0.1, 0.15) is 50.9 Å². The first-order valence-corrected chi connectivity index (χ1v) is 8.67. The Morgan fingerprint density at radius 1 is 1.00 bits per heavy atom. The molecule has 2 aromatic rings. The van der Waals surface area contributed by atoms with Gasteiger partial charge in [0.2, 0.25) is 5.75 Å². The van der Waals surface area contributed by atoms with Gasteiger partial charge >= 0.3 is 0 Å². The van der Waals surface area contributed by atoms with E-state index in [1.165, 1.54) is 19.9 Å². The van der Waals surface area contributed by atoms with E-state index < -0.39 is 0 Å². The number of aryl methyl sites for hydroxylation is 2. The van der Waals surface area contributed by atoms with Crippen LogP contribution in [-0.2, 0) is 12.8 Å². The first-order valence-electron chi connectivity index (χ1n) is 8.67. The topological polar surface area (TPSA) is 67.4 Å². The van der Waals surface area contributed by atoms with Crippen molar-refractivity contribution >= 4 is 0 Å². The van der Waals surface area contributed by atoms with Gasteiger partial charge in [0.25, 0.3) is 0 Å². The number of aromatic hydroxyl groups is 1. The van der Waals surface area contributed by atoms with E-state index in [4.69, 9.17) is 14.5 Å². The van der Waals surface area contributed by atoms with Crippen molar-refractivity contribution in [3.05, 3.63) is 23.5 Å². The number of phenolic OH excluding ortho intramolecular Hbond substituents is 1. The Bertz CT molecular complexity index is 614. The van der Waals surface area contributed by atoms with Crippen LogP contribution in [0.3, 0.4) is 0 Å². The molecule has 132 valence electrons. The Kier molecular flexibility index (Phi) is 6.53. The van der Waals surface area contributed by atoms with Crippen molar-refractivity contribution in [3.8, 4) is 28.6 Å². The van der Waals surface area contributed by atoms with Crippen molar-refractivity contribution in [1.82, 2.24) is 9.97 Å². The van der Waals surface area contributed by atoms with Crippen LogP contribution in [-0.4, -0.2) is 29.3 Å². The van der Waals surface area contributed by atoms with Crippen LogP contribution in [0.25, 0.3) is 11.4 Å². The molecule has 0 unspecified atom stereocenters. The third-order valence-corrected chi connectivity index (χ3v) is 4.17. The van der Waals surface area contributed by atoms with E-state index >= 15 is 0 Å². The van der Waals surface area contributed by atoms with E-state index in [-0.39, 0.29) is 5.75 Å². The summed E-state index contributed by atoms with van der Waals surface area (Å²) < 4.78 is 10.5. The van der Waals surface area contributed by atoms with Gasteiger partial charge in [-0.2, -0.15) is 0 Å². The molecule has 1 aromatic carbocycles. The number of ether oxygens (including phenoxy) is 2. The highest BCUT2D eigenvalue weighted by Gasteiger charge is 2.16. The standard InChI is InChI=1S/C19H28N2O3/c1-5-7-9-14-15(10-8-6-2)21-19(20-14)13-11-16(23-3)18(22)17(12-13)24-4/h11-12,22H,5-10H2,1-4H3,(H,20,21). The lowest BCUT2D eigenvalue weighted by Crippen LogP contribution is -1.93. The molecule has 0 saturated heterocycles. The fourth-order valence-electron chi connectivity index (χ4n) is 2.72. The molecule has 24 heavy (non-hydrogen) atoms. The van der Waals surface area contributed by atoms with Gasteiger partial charge in [-0.25, -0.2) is 4.98 Å². The second-order valence-electron chi connectivity index (χ2n) is 5.95. The Morgan fingerprint density at radius 2 is 1.58 bits per heavy atom. The monoisotopic (exact) mass is 332 g/mol. The first-order chi connectivity index (χ1) is 11.6. The molecule has 2 rings (SSSR count). The van der Waals surface area contributed by atoms with Crippen molar-refractivity contribution in [3.63, 3.8) is 0 Å². The SMILES string of the molecule is CCCCc1nc(-c2cc(OC)c(O)c(OC)c2)[nH]c1CCCC. The van der Waals surface area contributed by atoms with E-state index in [0.29, 0.717) is 11.5 Å². The Hall–Kier alpha value is -2.17. The molecule has 0 aliphatic carbocycles. The maximum atomic E-state index is 10.1. The third-order valence-electron chi connectivity index (χ3n) is 4.17. The van der Waals surface area contributed by atoms with Gasteiger partial charge in [-0.05, 0) is 37.8 Å². The molecule has 5 nitrogen and oxygen atoms in total. The van der Waals surface area contributed by atoms with E-state index in [1.807, 2.05) is 0 Å². The van der Waals surface area contributed by atoms with Gasteiger partial charge in [0.05, 0.1) is 19.9 Å². The average Bonchev–Trinajstić information content (AvgIpc) is 3.01. The fraction of sp³-hybridized carbons (Fsp3) is 0.526. The maximum Gasteiger partial charge on any atom is 0.200 e. The second-order valence-corrected chi connectivity index (χ2v) is 5.95. The summed E-state index contributed by atoms with van der Waals surface area (Å²) in [5.74, 6) is 1.56. The number of methoxy groups -OCH3 is 2. The molecule has 5 heteroatoms. The third kappa shape index (κ3) is 4.02. The molecule has 0 aliphatic heterocycles. The second kappa shape index (κ2) is 8.62. The number of H-pyrrole nitrogens is 1. The molecule has 1 heterocycles. The van der Waals surface area contributed by atoms with Gasteiger partial charge in [0.15, 0.2) is 11.5 Å². The Morgan fingerprint density at radius 3 is 2.12 bits per heavy atom. The summed E-state index contributed by atoms with van der Waals surface area (Å²) in [5, 5.41) is 10.1. The van der Waals surface area contributed by atoms with Crippen LogP contribution in [0.4, 0.5) is 0 Å². The summed E-state index contributed by atoms with van der Waals surface area (Å²) in [6.45, 7) is 4.38. The number of rotatable bonds is 9. The number of nitrogens with one attached hydrogen (secondary N) is 1. The number of aromatic nitrogens is 2. The molecule has 0 amide bonds. The molecule has 0 atom stereocenters. The molecule has 0 aliphatic rings. The summed E-state index contributed by atoms with van der Waals surface area (Å²) in [7, 11) is 3.06. The first kappa shape index (κ1) is 18.2. The van der Waals surface area contributed by atoms with E-state index in [0.717, 1.165) is 55.6 Å². The molecule has 0 saturated carbocycles. The molecular weight excluding hydrogens is 304 g/mol. The Labute approximate surface area is 144 Å². The highest BCUT2D eigenvalue weighted by atomic mass is 16.5. The molecule has 1 aromatic heterocycles. The number of nitrogens with zero attached hydrogens (tertiary/aromatic N) is 1. The van der Waals surface area contributed by atoms with Gasteiger partial charge in [0.1, 0.15) is 5.82 Å². The predicted octanol–water partition coefficient (Wildman–Crippen LogP) is 4.48. The Balaban J connectivity index is 2.42. The number of hydrogen-bond donors (Lipinski definition) is 2. The number of phenols is 1. The van der Waals surface area contributed by atoms with Gasteiger partial charge in [-0.1, -0.05) is 26.7 Å². The lowest BCUT2D eigenvalue weighted by Gasteiger charge is -2.10. The normalized spacial score (nSPS) is 10.8. The van der Waals surface area contributed by atoms with Crippen molar-refractivity contribution in [1.29, 1.82) is 0 Å². The van der Waals surface area contributed by atoms with Crippen molar-refractivity contribution in [2.45, 2.75) is 52.4 Å². The minimum Gasteiger partial charge on any atom is -0.502 e. The van der Waals surface area contributed by atoms with Crippen molar-refractivity contribution in [2.24, 2.45) is 0 Å². The van der Waals surface area contributed by atoms with E-state index in [1.54, 1.807) is 12.1 Å². The van der Waals surface area contributed by atoms with Gasteiger partial charge in [-0.15, -0.1) is 0 Å². The molecule has 0 radical (unpaired) electrons. The van der Waals surface area contributed by atoms with Crippen LogP contribution in [0.5, 0.6) is 17.2 Å². The zero-order chi connectivity index (χ0) is 17.5. The van der Waals surface area contributed by atoms with Crippen molar-refractivity contribution < 1.29 is 14.6 Å². The van der Waals surface area contributed by atoms with Crippen LogP contribution in [0, 0.1) is 0 Å². The zero-order valence-corrected chi connectivity index (χ0v) is 15.1. The largest absolute Gasteiger partial charge is 0.502 e. The summed E-state index contributed by atoms with van der Waals surface area (Å²) in [6, 6.07) is 3.56. The minimum absolute atomic E-state index is 0.00715. The summed E-state index contributed by atoms with van der Waals surface area (Å²) in [5.41, 5.74) is 3.21. The van der Waals surface area contributed by atoms with Gasteiger partial charge in [-0.3, -0.25) is 0 Å². The van der Waals surface area contributed by atoms with Gasteiger partial charge < -0.3 is 19.6 Å². The molecular formula is C19H28N2O3. The minimum atomic E-state index is 0.00715. The smallest absolute Gasteiger partial charge is 0.200 e. The maximum absolute atomic E-state index is 10.1. The summed E-state index contributed by atoms with van der Waals surface area (Å²) >= 11 is 0. The van der Waals surface area contributed by atoms with Crippen LogP contribution >= 0.6 is 0 Å². The predicted molar refractivity (Wildman–Crippen MR) is 96.0 cm³/mol. The fourth-order valence-corrected chi connectivity index (χ4v) is 2.72. The van der Waals surface area contributed by atoms with Crippen LogP contribution in [0.15, 0.2) is 12.1 Å². The number of benzene rings is 1. The quantitative estimate of drug-likeness (QED) is 0.710. The number of imidazole rings is 1. The molecule has 2 N–H and O–H groups in total.